The Bertz CT molecular complexity index is 887. The van der Waals surface area contributed by atoms with E-state index in [9.17, 15) is 9.18 Å². The Morgan fingerprint density at radius 1 is 1.12 bits per heavy atom. The number of aromatic nitrogens is 4. The Balaban J connectivity index is 1.50. The molecule has 0 spiro atoms. The predicted molar refractivity (Wildman–Crippen MR) is 86.2 cm³/mol. The van der Waals surface area contributed by atoms with Gasteiger partial charge in [0.05, 0.1) is 17.1 Å². The number of piperazine rings is 1. The molecule has 8 heteroatoms. The van der Waals surface area contributed by atoms with Gasteiger partial charge < -0.3 is 9.80 Å². The van der Waals surface area contributed by atoms with E-state index in [4.69, 9.17) is 0 Å². The Morgan fingerprint density at radius 3 is 2.71 bits per heavy atom. The first kappa shape index (κ1) is 14.6. The second-order valence-corrected chi connectivity index (χ2v) is 5.59. The highest BCUT2D eigenvalue weighted by Crippen LogP contribution is 2.22. The SMILES string of the molecule is O=C(c1ccccc1F)N1CCN(c2ncnc3[nH]ncc23)CC1. The Hall–Kier alpha value is -3.03. The fraction of sp³-hybridized carbons (Fsp3) is 0.250. The molecule has 1 fully saturated rings. The van der Waals surface area contributed by atoms with Gasteiger partial charge in [0, 0.05) is 26.2 Å². The van der Waals surface area contributed by atoms with Crippen molar-refractivity contribution < 1.29 is 9.18 Å². The smallest absolute Gasteiger partial charge is 0.256 e. The van der Waals surface area contributed by atoms with E-state index in [1.807, 2.05) is 0 Å². The number of H-pyrrole nitrogens is 1. The Labute approximate surface area is 137 Å². The number of benzene rings is 1. The van der Waals surface area contributed by atoms with E-state index in [0.29, 0.717) is 31.8 Å². The average Bonchev–Trinajstić information content (AvgIpc) is 3.10. The van der Waals surface area contributed by atoms with Crippen molar-refractivity contribution in [2.45, 2.75) is 0 Å². The van der Waals surface area contributed by atoms with E-state index < -0.39 is 5.82 Å². The summed E-state index contributed by atoms with van der Waals surface area (Å²) in [6.45, 7) is 2.27. The molecule has 2 aromatic heterocycles. The van der Waals surface area contributed by atoms with Gasteiger partial charge in [-0.2, -0.15) is 5.10 Å². The quantitative estimate of drug-likeness (QED) is 0.771. The largest absolute Gasteiger partial charge is 0.352 e. The Kier molecular flexibility index (Phi) is 3.56. The summed E-state index contributed by atoms with van der Waals surface area (Å²) in [6, 6.07) is 6.07. The molecule has 0 saturated carbocycles. The first-order valence-corrected chi connectivity index (χ1v) is 7.67. The monoisotopic (exact) mass is 326 g/mol. The van der Waals surface area contributed by atoms with E-state index in [0.717, 1.165) is 11.2 Å². The van der Waals surface area contributed by atoms with E-state index in [2.05, 4.69) is 25.1 Å². The van der Waals surface area contributed by atoms with Crippen LogP contribution in [0.3, 0.4) is 0 Å². The third kappa shape index (κ3) is 2.45. The summed E-state index contributed by atoms with van der Waals surface area (Å²) in [5.41, 5.74) is 0.801. The highest BCUT2D eigenvalue weighted by molar-refractivity contribution is 5.94. The summed E-state index contributed by atoms with van der Waals surface area (Å²) >= 11 is 0. The zero-order chi connectivity index (χ0) is 16.5. The van der Waals surface area contributed by atoms with Crippen molar-refractivity contribution in [1.29, 1.82) is 0 Å². The molecule has 0 radical (unpaired) electrons. The molecule has 1 amide bonds. The number of carbonyl (C=O) groups excluding carboxylic acids is 1. The van der Waals surface area contributed by atoms with Gasteiger partial charge in [-0.25, -0.2) is 14.4 Å². The second kappa shape index (κ2) is 5.88. The van der Waals surface area contributed by atoms with Gasteiger partial charge in [0.25, 0.3) is 5.91 Å². The van der Waals surface area contributed by atoms with Gasteiger partial charge in [-0.1, -0.05) is 12.1 Å². The maximum atomic E-state index is 13.8. The molecule has 4 rings (SSSR count). The molecule has 1 saturated heterocycles. The maximum Gasteiger partial charge on any atom is 0.256 e. The number of rotatable bonds is 2. The molecule has 0 atom stereocenters. The lowest BCUT2D eigenvalue weighted by Gasteiger charge is -2.35. The van der Waals surface area contributed by atoms with Crippen molar-refractivity contribution in [2.75, 3.05) is 31.1 Å². The van der Waals surface area contributed by atoms with Crippen molar-refractivity contribution in [2.24, 2.45) is 0 Å². The fourth-order valence-corrected chi connectivity index (χ4v) is 2.93. The number of halogens is 1. The summed E-state index contributed by atoms with van der Waals surface area (Å²) < 4.78 is 13.8. The molecule has 3 heterocycles. The summed E-state index contributed by atoms with van der Waals surface area (Å²) in [5.74, 6) is 0.0384. The molecular formula is C16H15FN6O. The van der Waals surface area contributed by atoms with Gasteiger partial charge in [0.1, 0.15) is 18.0 Å². The number of anilines is 1. The van der Waals surface area contributed by atoms with Crippen molar-refractivity contribution in [3.05, 3.63) is 48.2 Å². The van der Waals surface area contributed by atoms with Crippen LogP contribution < -0.4 is 4.90 Å². The molecule has 3 aromatic rings. The summed E-state index contributed by atoms with van der Waals surface area (Å²) in [7, 11) is 0. The zero-order valence-corrected chi connectivity index (χ0v) is 12.8. The molecule has 0 aliphatic carbocycles. The van der Waals surface area contributed by atoms with E-state index in [1.165, 1.54) is 18.5 Å². The van der Waals surface area contributed by atoms with Crippen molar-refractivity contribution >= 4 is 22.8 Å². The minimum Gasteiger partial charge on any atom is -0.352 e. The average molecular weight is 326 g/mol. The summed E-state index contributed by atoms with van der Waals surface area (Å²) in [6.07, 6.45) is 3.19. The van der Waals surface area contributed by atoms with Gasteiger partial charge in [-0.05, 0) is 12.1 Å². The van der Waals surface area contributed by atoms with Crippen LogP contribution in [0.5, 0.6) is 0 Å². The van der Waals surface area contributed by atoms with Crippen molar-refractivity contribution in [3.8, 4) is 0 Å². The number of aromatic amines is 1. The van der Waals surface area contributed by atoms with Crippen LogP contribution in [-0.2, 0) is 0 Å². The number of amides is 1. The van der Waals surface area contributed by atoms with Crippen LogP contribution in [0.2, 0.25) is 0 Å². The van der Waals surface area contributed by atoms with Crippen LogP contribution in [0, 0.1) is 5.82 Å². The van der Waals surface area contributed by atoms with Crippen LogP contribution in [-0.4, -0.2) is 57.2 Å². The molecule has 1 aliphatic rings. The van der Waals surface area contributed by atoms with Crippen LogP contribution in [0.1, 0.15) is 10.4 Å². The number of nitrogens with one attached hydrogen (secondary N) is 1. The van der Waals surface area contributed by atoms with Gasteiger partial charge in [-0.15, -0.1) is 0 Å². The lowest BCUT2D eigenvalue weighted by molar-refractivity contribution is 0.0742. The molecule has 1 aromatic carbocycles. The number of hydrogen-bond donors (Lipinski definition) is 1. The Morgan fingerprint density at radius 2 is 1.92 bits per heavy atom. The number of nitrogens with zero attached hydrogens (tertiary/aromatic N) is 5. The van der Waals surface area contributed by atoms with Crippen molar-refractivity contribution in [1.82, 2.24) is 25.1 Å². The number of fused-ring (bicyclic) bond motifs is 1. The second-order valence-electron chi connectivity index (χ2n) is 5.59. The van der Waals surface area contributed by atoms with Gasteiger partial charge in [-0.3, -0.25) is 9.89 Å². The van der Waals surface area contributed by atoms with Gasteiger partial charge in [0.15, 0.2) is 5.65 Å². The van der Waals surface area contributed by atoms with E-state index >= 15 is 0 Å². The minimum atomic E-state index is -0.485. The molecule has 0 bridgehead atoms. The zero-order valence-electron chi connectivity index (χ0n) is 12.8. The standard InChI is InChI=1S/C16H15FN6O/c17-13-4-2-1-3-11(13)16(24)23-7-5-22(6-8-23)15-12-9-20-21-14(12)18-10-19-15/h1-4,9-10H,5-8H2,(H,18,19,20,21). The number of carbonyl (C=O) groups is 1. The lowest BCUT2D eigenvalue weighted by Crippen LogP contribution is -2.49. The normalized spacial score (nSPS) is 15.0. The summed E-state index contributed by atoms with van der Waals surface area (Å²) in [5, 5.41) is 7.66. The van der Waals surface area contributed by atoms with Gasteiger partial charge >= 0.3 is 0 Å². The van der Waals surface area contributed by atoms with E-state index in [-0.39, 0.29) is 11.5 Å². The van der Waals surface area contributed by atoms with Crippen LogP contribution in [0.15, 0.2) is 36.8 Å². The lowest BCUT2D eigenvalue weighted by atomic mass is 10.1. The molecule has 24 heavy (non-hydrogen) atoms. The fourth-order valence-electron chi connectivity index (χ4n) is 2.93. The maximum absolute atomic E-state index is 13.8. The molecule has 1 N–H and O–H groups in total. The van der Waals surface area contributed by atoms with Crippen molar-refractivity contribution in [3.63, 3.8) is 0 Å². The highest BCUT2D eigenvalue weighted by Gasteiger charge is 2.25. The van der Waals surface area contributed by atoms with Gasteiger partial charge in [0.2, 0.25) is 0 Å². The minimum absolute atomic E-state index is 0.116. The highest BCUT2D eigenvalue weighted by atomic mass is 19.1. The molecule has 7 nitrogen and oxygen atoms in total. The first-order valence-electron chi connectivity index (χ1n) is 7.67. The molecule has 122 valence electrons. The van der Waals surface area contributed by atoms with E-state index in [1.54, 1.807) is 23.2 Å². The number of hydrogen-bond acceptors (Lipinski definition) is 5. The van der Waals surface area contributed by atoms with Crippen LogP contribution >= 0.6 is 0 Å². The molecule has 1 aliphatic heterocycles. The topological polar surface area (TPSA) is 78.0 Å². The third-order valence-corrected chi connectivity index (χ3v) is 4.20. The summed E-state index contributed by atoms with van der Waals surface area (Å²) in [4.78, 5) is 24.7. The first-order chi connectivity index (χ1) is 11.7. The third-order valence-electron chi connectivity index (χ3n) is 4.20. The predicted octanol–water partition coefficient (Wildman–Crippen LogP) is 1.45. The van der Waals surface area contributed by atoms with Crippen LogP contribution in [0.25, 0.3) is 11.0 Å². The molecular weight excluding hydrogens is 311 g/mol. The van der Waals surface area contributed by atoms with Crippen LogP contribution in [0.4, 0.5) is 10.2 Å². The molecule has 0 unspecified atom stereocenters.